The van der Waals surface area contributed by atoms with Crippen molar-refractivity contribution in [2.45, 2.75) is 13.8 Å². The quantitative estimate of drug-likeness (QED) is 0.552. The molecule has 2 aromatic heterocycles. The average Bonchev–Trinajstić information content (AvgIpc) is 2.27. The molecule has 0 fully saturated rings. The van der Waals surface area contributed by atoms with Crippen LogP contribution < -0.4 is 0 Å². The van der Waals surface area contributed by atoms with Gasteiger partial charge in [0.05, 0.1) is 11.9 Å². The average molecular weight is 145 g/mol. The standard InChI is InChI=1S/C9H9N2/c1-7-3-4-9-10-8(2)6-11(9)5-7/h3-5H,1-2H3. The molecular weight excluding hydrogens is 136 g/mol. The molecule has 11 heavy (non-hydrogen) atoms. The fourth-order valence-electron chi connectivity index (χ4n) is 1.15. The van der Waals surface area contributed by atoms with Crippen molar-refractivity contribution in [1.29, 1.82) is 0 Å². The zero-order chi connectivity index (χ0) is 7.84. The molecule has 0 saturated carbocycles. The van der Waals surface area contributed by atoms with E-state index in [2.05, 4.69) is 24.2 Å². The van der Waals surface area contributed by atoms with E-state index >= 15 is 0 Å². The van der Waals surface area contributed by atoms with E-state index in [0.29, 0.717) is 0 Å². The molecule has 55 valence electrons. The third-order valence-corrected chi connectivity index (χ3v) is 1.64. The molecule has 0 saturated heterocycles. The number of aromatic nitrogens is 2. The number of rotatable bonds is 0. The molecule has 0 atom stereocenters. The predicted molar refractivity (Wildman–Crippen MR) is 43.5 cm³/mol. The second kappa shape index (κ2) is 2.09. The molecule has 0 bridgehead atoms. The van der Waals surface area contributed by atoms with E-state index in [-0.39, 0.29) is 0 Å². The third-order valence-electron chi connectivity index (χ3n) is 1.64. The van der Waals surface area contributed by atoms with Gasteiger partial charge in [0.15, 0.2) is 0 Å². The van der Waals surface area contributed by atoms with Gasteiger partial charge in [0.2, 0.25) is 0 Å². The summed E-state index contributed by atoms with van der Waals surface area (Å²) in [6, 6.07) is 4.05. The van der Waals surface area contributed by atoms with Crippen LogP contribution in [0, 0.1) is 20.0 Å². The molecule has 0 aliphatic rings. The first-order valence-corrected chi connectivity index (χ1v) is 3.60. The SMILES string of the molecule is Cc1ccc2nc(C)[c]n2c1. The molecule has 0 unspecified atom stereocenters. The minimum atomic E-state index is 0.940. The van der Waals surface area contributed by atoms with Crippen LogP contribution in [-0.2, 0) is 0 Å². The summed E-state index contributed by atoms with van der Waals surface area (Å²) in [5, 5.41) is 0. The summed E-state index contributed by atoms with van der Waals surface area (Å²) in [6.45, 7) is 4.00. The second-order valence-corrected chi connectivity index (χ2v) is 2.74. The number of hydrogen-bond acceptors (Lipinski definition) is 1. The maximum absolute atomic E-state index is 4.26. The van der Waals surface area contributed by atoms with Gasteiger partial charge in [-0.1, -0.05) is 6.07 Å². The molecule has 2 aromatic rings. The summed E-state index contributed by atoms with van der Waals surface area (Å²) in [5.74, 6) is 0. The maximum Gasteiger partial charge on any atom is 0.137 e. The van der Waals surface area contributed by atoms with E-state index in [1.807, 2.05) is 23.6 Å². The van der Waals surface area contributed by atoms with Gasteiger partial charge in [-0.2, -0.15) is 0 Å². The predicted octanol–water partition coefficient (Wildman–Crippen LogP) is 1.75. The van der Waals surface area contributed by atoms with Crippen molar-refractivity contribution in [1.82, 2.24) is 9.38 Å². The van der Waals surface area contributed by atoms with E-state index in [1.54, 1.807) is 0 Å². The largest absolute Gasteiger partial charge is 0.298 e. The molecule has 0 N–H and O–H groups in total. The number of pyridine rings is 1. The number of fused-ring (bicyclic) bond motifs is 1. The van der Waals surface area contributed by atoms with Crippen molar-refractivity contribution in [2.24, 2.45) is 0 Å². The molecule has 2 nitrogen and oxygen atoms in total. The van der Waals surface area contributed by atoms with Crippen LogP contribution in [-0.4, -0.2) is 9.38 Å². The molecule has 2 heterocycles. The highest BCUT2D eigenvalue weighted by atomic mass is 15.0. The van der Waals surface area contributed by atoms with E-state index in [1.165, 1.54) is 5.56 Å². The molecule has 0 aromatic carbocycles. The Kier molecular flexibility index (Phi) is 1.22. The number of nitrogens with zero attached hydrogens (tertiary/aromatic N) is 2. The van der Waals surface area contributed by atoms with Crippen LogP contribution in [0.1, 0.15) is 11.3 Å². The van der Waals surface area contributed by atoms with Gasteiger partial charge in [-0.3, -0.25) is 4.40 Å². The topological polar surface area (TPSA) is 17.3 Å². The lowest BCUT2D eigenvalue weighted by molar-refractivity contribution is 1.14. The summed E-state index contributed by atoms with van der Waals surface area (Å²) >= 11 is 0. The Labute approximate surface area is 65.5 Å². The van der Waals surface area contributed by atoms with Gasteiger partial charge < -0.3 is 0 Å². The van der Waals surface area contributed by atoms with Gasteiger partial charge in [0.25, 0.3) is 0 Å². The Bertz CT molecular complexity index is 387. The summed E-state index contributed by atoms with van der Waals surface area (Å²) < 4.78 is 1.92. The molecule has 0 amide bonds. The highest BCUT2D eigenvalue weighted by molar-refractivity contribution is 5.40. The monoisotopic (exact) mass is 145 g/mol. The lowest BCUT2D eigenvalue weighted by Gasteiger charge is -1.92. The van der Waals surface area contributed by atoms with Crippen LogP contribution in [0.3, 0.4) is 0 Å². The van der Waals surface area contributed by atoms with Gasteiger partial charge in [-0.05, 0) is 25.5 Å². The normalized spacial score (nSPS) is 10.7. The fraction of sp³-hybridized carbons (Fsp3) is 0.222. The molecule has 2 heteroatoms. The van der Waals surface area contributed by atoms with Crippen LogP contribution in [0.4, 0.5) is 0 Å². The Morgan fingerprint density at radius 1 is 1.36 bits per heavy atom. The number of hydrogen-bond donors (Lipinski definition) is 0. The first kappa shape index (κ1) is 6.40. The van der Waals surface area contributed by atoms with Crippen molar-refractivity contribution >= 4 is 5.65 Å². The van der Waals surface area contributed by atoms with Crippen molar-refractivity contribution in [2.75, 3.05) is 0 Å². The minimum absolute atomic E-state index is 0.940. The van der Waals surface area contributed by atoms with Crippen LogP contribution >= 0.6 is 0 Å². The highest BCUT2D eigenvalue weighted by Crippen LogP contribution is 2.04. The van der Waals surface area contributed by atoms with Gasteiger partial charge in [0, 0.05) is 6.20 Å². The summed E-state index contributed by atoms with van der Waals surface area (Å²) in [6.07, 6.45) is 5.13. The van der Waals surface area contributed by atoms with Crippen molar-refractivity contribution < 1.29 is 0 Å². The Balaban J connectivity index is 2.82. The third kappa shape index (κ3) is 1.00. The first-order valence-electron chi connectivity index (χ1n) is 3.60. The van der Waals surface area contributed by atoms with Crippen molar-refractivity contribution in [3.05, 3.63) is 35.8 Å². The summed E-state index contributed by atoms with van der Waals surface area (Å²) in [4.78, 5) is 4.26. The lowest BCUT2D eigenvalue weighted by atomic mass is 10.3. The second-order valence-electron chi connectivity index (χ2n) is 2.74. The van der Waals surface area contributed by atoms with Crippen LogP contribution in [0.5, 0.6) is 0 Å². The Hall–Kier alpha value is -1.31. The molecule has 0 spiro atoms. The first-order chi connectivity index (χ1) is 5.25. The molecule has 1 radical (unpaired) electrons. The molecule has 0 aliphatic carbocycles. The van der Waals surface area contributed by atoms with Crippen LogP contribution in [0.15, 0.2) is 18.3 Å². The molecule has 2 rings (SSSR count). The fourth-order valence-corrected chi connectivity index (χ4v) is 1.15. The number of aryl methyl sites for hydroxylation is 2. The zero-order valence-corrected chi connectivity index (χ0v) is 6.63. The van der Waals surface area contributed by atoms with Crippen molar-refractivity contribution in [3.8, 4) is 0 Å². The van der Waals surface area contributed by atoms with Gasteiger partial charge in [0.1, 0.15) is 5.65 Å². The van der Waals surface area contributed by atoms with Gasteiger partial charge in [-0.25, -0.2) is 4.98 Å². The Morgan fingerprint density at radius 2 is 2.18 bits per heavy atom. The van der Waals surface area contributed by atoms with E-state index in [0.717, 1.165) is 11.3 Å². The van der Waals surface area contributed by atoms with Crippen LogP contribution in [0.2, 0.25) is 0 Å². The van der Waals surface area contributed by atoms with E-state index < -0.39 is 0 Å². The van der Waals surface area contributed by atoms with Crippen molar-refractivity contribution in [3.63, 3.8) is 0 Å². The lowest BCUT2D eigenvalue weighted by Crippen LogP contribution is -1.82. The molecule has 0 aliphatic heterocycles. The van der Waals surface area contributed by atoms with Gasteiger partial charge >= 0.3 is 0 Å². The number of imidazole rings is 1. The summed E-state index contributed by atoms with van der Waals surface area (Å²) in [5.41, 5.74) is 3.13. The summed E-state index contributed by atoms with van der Waals surface area (Å²) in [7, 11) is 0. The molecular formula is C9H9N2. The Morgan fingerprint density at radius 3 is 3.00 bits per heavy atom. The maximum atomic E-state index is 4.26. The van der Waals surface area contributed by atoms with E-state index in [9.17, 15) is 0 Å². The van der Waals surface area contributed by atoms with E-state index in [4.69, 9.17) is 0 Å². The van der Waals surface area contributed by atoms with Gasteiger partial charge in [-0.15, -0.1) is 0 Å². The zero-order valence-electron chi connectivity index (χ0n) is 6.63. The minimum Gasteiger partial charge on any atom is -0.298 e. The van der Waals surface area contributed by atoms with Crippen LogP contribution in [0.25, 0.3) is 5.65 Å². The smallest absolute Gasteiger partial charge is 0.137 e. The highest BCUT2D eigenvalue weighted by Gasteiger charge is 1.95.